The highest BCUT2D eigenvalue weighted by atomic mass is 35.6. The van der Waals surface area contributed by atoms with E-state index in [-0.39, 0.29) is 0 Å². The molecule has 1 unspecified atom stereocenters. The zero-order valence-electron chi connectivity index (χ0n) is 11.7. The van der Waals surface area contributed by atoms with E-state index < -0.39 is 7.38 Å². The molecule has 0 spiro atoms. The Morgan fingerprint density at radius 2 is 1.47 bits per heavy atom. The van der Waals surface area contributed by atoms with Gasteiger partial charge in [-0.1, -0.05) is 67.9 Å². The number of hydrogen-bond acceptors (Lipinski definition) is 0. The number of aryl methyl sites for hydroxylation is 1. The molecular weight excluding hydrogens is 268 g/mol. The van der Waals surface area contributed by atoms with Gasteiger partial charge in [-0.25, -0.2) is 0 Å². The summed E-state index contributed by atoms with van der Waals surface area (Å²) in [7, 11) is -2.04. The average molecular weight is 289 g/mol. The van der Waals surface area contributed by atoms with Crippen molar-refractivity contribution in [1.82, 2.24) is 0 Å². The van der Waals surface area contributed by atoms with Crippen molar-refractivity contribution in [2.24, 2.45) is 0 Å². The van der Waals surface area contributed by atoms with Crippen LogP contribution in [0.3, 0.4) is 0 Å². The van der Waals surface area contributed by atoms with Gasteiger partial charge in [-0.2, -0.15) is 11.1 Å². The number of hydrogen-bond donors (Lipinski definition) is 0. The summed E-state index contributed by atoms with van der Waals surface area (Å²) in [6.45, 7) is 4.43. The van der Waals surface area contributed by atoms with Gasteiger partial charge in [0, 0.05) is 0 Å². The van der Waals surface area contributed by atoms with Gasteiger partial charge in [0.1, 0.15) is 0 Å². The molecule has 0 nitrogen and oxygen atoms in total. The SMILES string of the molecule is CCCCc1ccc([Si](C)(Cl)c2ccccc2)cc1. The largest absolute Gasteiger partial charge is 0.214 e. The first kappa shape index (κ1) is 14.4. The molecule has 0 saturated heterocycles. The van der Waals surface area contributed by atoms with Gasteiger partial charge in [0.2, 0.25) is 7.38 Å². The van der Waals surface area contributed by atoms with Crippen LogP contribution >= 0.6 is 11.1 Å². The van der Waals surface area contributed by atoms with Crippen LogP contribution < -0.4 is 10.4 Å². The summed E-state index contributed by atoms with van der Waals surface area (Å²) < 4.78 is 0. The molecule has 0 fully saturated rings. The molecule has 0 radical (unpaired) electrons. The minimum absolute atomic E-state index is 1.17. The Morgan fingerprint density at radius 3 is 2.05 bits per heavy atom. The Kier molecular flexibility index (Phi) is 4.84. The molecular formula is C17H21ClSi. The number of rotatable bonds is 5. The lowest BCUT2D eigenvalue weighted by atomic mass is 10.1. The van der Waals surface area contributed by atoms with Crippen LogP contribution in [-0.2, 0) is 6.42 Å². The van der Waals surface area contributed by atoms with Gasteiger partial charge in [-0.3, -0.25) is 0 Å². The first-order valence-electron chi connectivity index (χ1n) is 6.98. The Morgan fingerprint density at radius 1 is 0.895 bits per heavy atom. The van der Waals surface area contributed by atoms with E-state index in [9.17, 15) is 0 Å². The second-order valence-electron chi connectivity index (χ2n) is 5.17. The lowest BCUT2D eigenvalue weighted by Gasteiger charge is -2.20. The Hall–Kier alpha value is -1.05. The van der Waals surface area contributed by atoms with Crippen LogP contribution in [-0.4, -0.2) is 7.38 Å². The molecule has 19 heavy (non-hydrogen) atoms. The molecule has 0 saturated carbocycles. The molecule has 0 aliphatic heterocycles. The molecule has 1 atom stereocenters. The maximum Gasteiger partial charge on any atom is 0.214 e. The maximum absolute atomic E-state index is 6.88. The second kappa shape index (κ2) is 6.40. The minimum Gasteiger partial charge on any atom is -0.155 e. The molecule has 0 aliphatic carbocycles. The van der Waals surface area contributed by atoms with Crippen molar-refractivity contribution in [3.8, 4) is 0 Å². The van der Waals surface area contributed by atoms with E-state index in [0.29, 0.717) is 0 Å². The average Bonchev–Trinajstić information content (AvgIpc) is 2.46. The predicted octanol–water partition coefficient (Wildman–Crippen LogP) is 3.96. The van der Waals surface area contributed by atoms with E-state index >= 15 is 0 Å². The third-order valence-electron chi connectivity index (χ3n) is 3.63. The first-order chi connectivity index (χ1) is 9.14. The highest BCUT2D eigenvalue weighted by Gasteiger charge is 2.29. The van der Waals surface area contributed by atoms with E-state index in [1.807, 2.05) is 6.07 Å². The van der Waals surface area contributed by atoms with Crippen molar-refractivity contribution >= 4 is 28.8 Å². The van der Waals surface area contributed by atoms with Crippen molar-refractivity contribution in [2.45, 2.75) is 32.7 Å². The van der Waals surface area contributed by atoms with Crippen LogP contribution in [0, 0.1) is 0 Å². The molecule has 2 aromatic rings. The summed E-state index contributed by atoms with van der Waals surface area (Å²) in [5, 5.41) is 2.57. The predicted molar refractivity (Wildman–Crippen MR) is 88.2 cm³/mol. The summed E-state index contributed by atoms with van der Waals surface area (Å²) >= 11 is 6.88. The van der Waals surface area contributed by atoms with Gasteiger partial charge < -0.3 is 0 Å². The molecule has 0 bridgehead atoms. The molecule has 2 aromatic carbocycles. The van der Waals surface area contributed by atoms with E-state index in [1.165, 1.54) is 35.2 Å². The van der Waals surface area contributed by atoms with E-state index in [0.717, 1.165) is 0 Å². The van der Waals surface area contributed by atoms with Crippen molar-refractivity contribution in [3.63, 3.8) is 0 Å². The first-order valence-corrected chi connectivity index (χ1v) is 10.5. The van der Waals surface area contributed by atoms with Gasteiger partial charge in [0.25, 0.3) is 0 Å². The second-order valence-corrected chi connectivity index (χ2v) is 10.6. The van der Waals surface area contributed by atoms with E-state index in [1.54, 1.807) is 0 Å². The summed E-state index contributed by atoms with van der Waals surface area (Å²) in [5.74, 6) is 0. The quantitative estimate of drug-likeness (QED) is 0.577. The number of halogens is 1. The minimum atomic E-state index is -2.04. The Labute approximate surface area is 122 Å². The van der Waals surface area contributed by atoms with Crippen molar-refractivity contribution in [3.05, 3.63) is 60.2 Å². The lowest BCUT2D eigenvalue weighted by molar-refractivity contribution is 0.795. The van der Waals surface area contributed by atoms with Crippen LogP contribution in [0.15, 0.2) is 54.6 Å². The van der Waals surface area contributed by atoms with Gasteiger partial charge in [-0.15, -0.1) is 0 Å². The summed E-state index contributed by atoms with van der Waals surface area (Å²) in [6.07, 6.45) is 3.67. The van der Waals surface area contributed by atoms with Crippen molar-refractivity contribution in [1.29, 1.82) is 0 Å². The summed E-state index contributed by atoms with van der Waals surface area (Å²) in [6, 6.07) is 19.4. The van der Waals surface area contributed by atoms with Gasteiger partial charge in [-0.05, 0) is 35.3 Å². The summed E-state index contributed by atoms with van der Waals surface area (Å²) in [4.78, 5) is 0. The van der Waals surface area contributed by atoms with Crippen LogP contribution in [0.2, 0.25) is 6.55 Å². The molecule has 0 aliphatic rings. The van der Waals surface area contributed by atoms with Crippen LogP contribution in [0.25, 0.3) is 0 Å². The lowest BCUT2D eigenvalue weighted by Crippen LogP contribution is -2.50. The van der Waals surface area contributed by atoms with Gasteiger partial charge in [0.15, 0.2) is 0 Å². The van der Waals surface area contributed by atoms with Crippen molar-refractivity contribution in [2.75, 3.05) is 0 Å². The fourth-order valence-electron chi connectivity index (χ4n) is 2.28. The molecule has 100 valence electrons. The molecule has 2 heteroatoms. The number of unbranched alkanes of at least 4 members (excludes halogenated alkanes) is 1. The topological polar surface area (TPSA) is 0 Å². The molecule has 0 heterocycles. The summed E-state index contributed by atoms with van der Waals surface area (Å²) in [5.41, 5.74) is 1.42. The highest BCUT2D eigenvalue weighted by Crippen LogP contribution is 2.12. The smallest absolute Gasteiger partial charge is 0.155 e. The fraction of sp³-hybridized carbons (Fsp3) is 0.294. The Balaban J connectivity index is 2.21. The van der Waals surface area contributed by atoms with Crippen LogP contribution in [0.4, 0.5) is 0 Å². The van der Waals surface area contributed by atoms with Crippen LogP contribution in [0.1, 0.15) is 25.3 Å². The van der Waals surface area contributed by atoms with Crippen LogP contribution in [0.5, 0.6) is 0 Å². The van der Waals surface area contributed by atoms with Gasteiger partial charge in [0.05, 0.1) is 0 Å². The third kappa shape index (κ3) is 3.49. The molecule has 0 aromatic heterocycles. The normalized spacial score (nSPS) is 14.1. The Bertz CT molecular complexity index is 503. The van der Waals surface area contributed by atoms with Crippen molar-refractivity contribution < 1.29 is 0 Å². The fourth-order valence-corrected chi connectivity index (χ4v) is 4.98. The zero-order chi connectivity index (χ0) is 13.7. The van der Waals surface area contributed by atoms with E-state index in [4.69, 9.17) is 11.1 Å². The van der Waals surface area contributed by atoms with E-state index in [2.05, 4.69) is 62.0 Å². The maximum atomic E-state index is 6.88. The van der Waals surface area contributed by atoms with Gasteiger partial charge >= 0.3 is 0 Å². The number of benzene rings is 2. The highest BCUT2D eigenvalue weighted by molar-refractivity contribution is 7.33. The standard InChI is InChI=1S/C17H21ClSi/c1-3-4-8-15-11-13-17(14-12-15)19(2,18)16-9-6-5-7-10-16/h5-7,9-14H,3-4,8H2,1-2H3. The molecule has 0 amide bonds. The molecule has 0 N–H and O–H groups in total. The third-order valence-corrected chi connectivity index (χ3v) is 7.78. The zero-order valence-corrected chi connectivity index (χ0v) is 13.5. The monoisotopic (exact) mass is 288 g/mol. The molecule has 2 rings (SSSR count).